The second-order valence-corrected chi connectivity index (χ2v) is 10.3. The number of methoxy groups -OCH3 is 1. The Labute approximate surface area is 228 Å². The van der Waals surface area contributed by atoms with Crippen molar-refractivity contribution in [1.29, 1.82) is 0 Å². The normalized spacial score (nSPS) is 12.7. The van der Waals surface area contributed by atoms with Crippen molar-refractivity contribution >= 4 is 29.5 Å². The number of phenolic OH excluding ortho intramolecular Hbond substituents is 1. The van der Waals surface area contributed by atoms with Crippen LogP contribution in [0.5, 0.6) is 11.5 Å². The van der Waals surface area contributed by atoms with E-state index in [-0.39, 0.29) is 18.6 Å². The number of nitrogens with two attached hydrogens (primary N) is 1. The van der Waals surface area contributed by atoms with Crippen molar-refractivity contribution in [3.8, 4) is 11.5 Å². The Morgan fingerprint density at radius 1 is 1.00 bits per heavy atom. The van der Waals surface area contributed by atoms with Crippen molar-refractivity contribution in [2.24, 2.45) is 5.73 Å². The lowest BCUT2D eigenvalue weighted by Crippen LogP contribution is -2.54. The Balaban J connectivity index is 2.49. The van der Waals surface area contributed by atoms with Crippen LogP contribution in [0.3, 0.4) is 0 Å². The number of alkyl carbamates (subject to hydrolysis) is 1. The molecule has 0 fully saturated rings. The van der Waals surface area contributed by atoms with E-state index in [1.54, 1.807) is 58.9 Å². The highest BCUT2D eigenvalue weighted by Gasteiger charge is 2.38. The van der Waals surface area contributed by atoms with E-state index in [0.29, 0.717) is 17.0 Å². The maximum Gasteiger partial charge on any atom is 0.408 e. The summed E-state index contributed by atoms with van der Waals surface area (Å²) >= 11 is 0. The van der Waals surface area contributed by atoms with Gasteiger partial charge in [-0.05, 0) is 83.0 Å². The number of hydrogen-bond acceptors (Lipinski definition) is 7. The number of carbonyl (C=O) groups excluding carboxylic acids is 4. The maximum atomic E-state index is 14.0. The molecule has 2 aromatic rings. The molecule has 4 amide bonds. The van der Waals surface area contributed by atoms with E-state index in [1.165, 1.54) is 36.3 Å². The topological polar surface area (TPSA) is 160 Å². The summed E-state index contributed by atoms with van der Waals surface area (Å²) in [5.41, 5.74) is 5.39. The van der Waals surface area contributed by atoms with Gasteiger partial charge in [0.25, 0.3) is 5.91 Å². The minimum atomic E-state index is -1.21. The van der Waals surface area contributed by atoms with Gasteiger partial charge in [0.1, 0.15) is 29.2 Å². The van der Waals surface area contributed by atoms with Crippen molar-refractivity contribution in [2.75, 3.05) is 12.4 Å². The summed E-state index contributed by atoms with van der Waals surface area (Å²) in [5, 5.41) is 15.2. The average Bonchev–Trinajstić information content (AvgIpc) is 2.84. The highest BCUT2D eigenvalue weighted by molar-refractivity contribution is 5.99. The van der Waals surface area contributed by atoms with Crippen LogP contribution >= 0.6 is 0 Å². The number of anilines is 1. The van der Waals surface area contributed by atoms with Gasteiger partial charge in [0.15, 0.2) is 0 Å². The van der Waals surface area contributed by atoms with Crippen LogP contribution in [0.25, 0.3) is 0 Å². The van der Waals surface area contributed by atoms with E-state index in [1.807, 2.05) is 0 Å². The van der Waals surface area contributed by atoms with Crippen LogP contribution in [-0.2, 0) is 19.1 Å². The lowest BCUT2D eigenvalue weighted by Gasteiger charge is -2.37. The van der Waals surface area contributed by atoms with E-state index < -0.39 is 47.5 Å². The Kier molecular flexibility index (Phi) is 10.7. The molecular formula is C28H38N4O7. The molecule has 39 heavy (non-hydrogen) atoms. The zero-order valence-corrected chi connectivity index (χ0v) is 23.2. The van der Waals surface area contributed by atoms with Gasteiger partial charge in [-0.1, -0.05) is 12.1 Å². The first-order chi connectivity index (χ1) is 18.2. The minimum Gasteiger partial charge on any atom is -0.508 e. The summed E-state index contributed by atoms with van der Waals surface area (Å²) in [6.45, 7) is 8.49. The quantitative estimate of drug-likeness (QED) is 0.338. The van der Waals surface area contributed by atoms with E-state index in [4.69, 9.17) is 15.2 Å². The summed E-state index contributed by atoms with van der Waals surface area (Å²) < 4.78 is 10.5. The predicted octanol–water partition coefficient (Wildman–Crippen LogP) is 3.48. The molecule has 0 saturated carbocycles. The molecule has 0 aliphatic heterocycles. The average molecular weight is 543 g/mol. The molecule has 2 atom stereocenters. The molecule has 0 aliphatic carbocycles. The Morgan fingerprint density at radius 3 is 2.08 bits per heavy atom. The number of ether oxygens (including phenoxy) is 2. The summed E-state index contributed by atoms with van der Waals surface area (Å²) in [5.74, 6) is -1.20. The van der Waals surface area contributed by atoms with E-state index in [9.17, 15) is 24.3 Å². The fourth-order valence-corrected chi connectivity index (χ4v) is 3.83. The number of nitrogens with zero attached hydrogens (tertiary/aromatic N) is 1. The number of phenols is 1. The number of benzene rings is 2. The highest BCUT2D eigenvalue weighted by atomic mass is 16.6. The van der Waals surface area contributed by atoms with Crippen molar-refractivity contribution in [3.63, 3.8) is 0 Å². The van der Waals surface area contributed by atoms with E-state index in [2.05, 4.69) is 10.6 Å². The Hall–Kier alpha value is -4.28. The van der Waals surface area contributed by atoms with Gasteiger partial charge in [0.05, 0.1) is 7.11 Å². The molecule has 11 nitrogen and oxygen atoms in total. The molecule has 2 rings (SSSR count). The third kappa shape index (κ3) is 9.51. The number of hydrogen-bond donors (Lipinski definition) is 4. The van der Waals surface area contributed by atoms with E-state index >= 15 is 0 Å². The molecule has 2 unspecified atom stereocenters. The fourth-order valence-electron chi connectivity index (χ4n) is 3.83. The Morgan fingerprint density at radius 2 is 1.59 bits per heavy atom. The first-order valence-corrected chi connectivity index (χ1v) is 12.6. The summed E-state index contributed by atoms with van der Waals surface area (Å²) in [7, 11) is 1.53. The molecule has 0 aromatic heterocycles. The fraction of sp³-hybridized carbons (Fsp3) is 0.429. The number of amides is 4. The Bertz CT molecular complexity index is 1140. The zero-order valence-electron chi connectivity index (χ0n) is 23.2. The number of carbonyl (C=O) groups is 4. The molecule has 0 heterocycles. The lowest BCUT2D eigenvalue weighted by molar-refractivity contribution is -0.143. The van der Waals surface area contributed by atoms with Gasteiger partial charge in [0, 0.05) is 18.2 Å². The van der Waals surface area contributed by atoms with Crippen molar-refractivity contribution in [2.45, 2.75) is 71.2 Å². The molecule has 0 spiro atoms. The number of primary amides is 1. The number of nitrogens with one attached hydrogen (secondary N) is 2. The maximum absolute atomic E-state index is 14.0. The second-order valence-electron chi connectivity index (χ2n) is 10.3. The van der Waals surface area contributed by atoms with Crippen molar-refractivity contribution < 1.29 is 33.8 Å². The smallest absolute Gasteiger partial charge is 0.408 e. The molecule has 5 N–H and O–H groups in total. The SMILES string of the molecule is COc1ccc(NC(=O)C(c2ccc(O)cc2)N(C(=O)C(CCC(N)=O)NC(=O)OC(C)(C)C)C(C)C)cc1. The standard InChI is InChI=1S/C28H38N4O7/c1-17(2)32(26(36)22(15-16-23(29)34)31-27(37)39-28(3,4)5)24(18-7-11-20(33)12-8-18)25(35)30-19-9-13-21(38-6)14-10-19/h7-14,17,22,24,33H,15-16H2,1-6H3,(H2,29,34)(H,30,35)(H,31,37). The molecule has 11 heteroatoms. The molecule has 0 bridgehead atoms. The van der Waals surface area contributed by atoms with Gasteiger partial charge >= 0.3 is 6.09 Å². The predicted molar refractivity (Wildman–Crippen MR) is 146 cm³/mol. The van der Waals surface area contributed by atoms with Crippen LogP contribution in [0.15, 0.2) is 48.5 Å². The van der Waals surface area contributed by atoms with Gasteiger partial charge in [-0.15, -0.1) is 0 Å². The van der Waals surface area contributed by atoms with Crippen LogP contribution in [0.4, 0.5) is 10.5 Å². The van der Waals surface area contributed by atoms with Gasteiger partial charge in [-0.2, -0.15) is 0 Å². The zero-order chi connectivity index (χ0) is 29.3. The highest BCUT2D eigenvalue weighted by Crippen LogP contribution is 2.28. The molecular weight excluding hydrogens is 504 g/mol. The third-order valence-electron chi connectivity index (χ3n) is 5.57. The first kappa shape index (κ1) is 30.9. The van der Waals surface area contributed by atoms with Crippen molar-refractivity contribution in [1.82, 2.24) is 10.2 Å². The molecule has 0 saturated heterocycles. The molecule has 212 valence electrons. The van der Waals surface area contributed by atoms with Gasteiger partial charge in [-0.3, -0.25) is 14.4 Å². The third-order valence-corrected chi connectivity index (χ3v) is 5.57. The van der Waals surface area contributed by atoms with Gasteiger partial charge in [0.2, 0.25) is 11.8 Å². The number of rotatable bonds is 11. The van der Waals surface area contributed by atoms with Crippen LogP contribution in [0.1, 0.15) is 59.1 Å². The lowest BCUT2D eigenvalue weighted by atomic mass is 9.99. The molecule has 0 aliphatic rings. The van der Waals surface area contributed by atoms with Crippen LogP contribution in [-0.4, -0.2) is 58.6 Å². The molecule has 0 radical (unpaired) electrons. The largest absolute Gasteiger partial charge is 0.508 e. The van der Waals surface area contributed by atoms with Crippen LogP contribution in [0, 0.1) is 0 Å². The second kappa shape index (κ2) is 13.5. The monoisotopic (exact) mass is 542 g/mol. The van der Waals surface area contributed by atoms with E-state index in [0.717, 1.165) is 0 Å². The van der Waals surface area contributed by atoms with Crippen molar-refractivity contribution in [3.05, 3.63) is 54.1 Å². The molecule has 2 aromatic carbocycles. The first-order valence-electron chi connectivity index (χ1n) is 12.6. The van der Waals surface area contributed by atoms with Gasteiger partial charge in [-0.25, -0.2) is 4.79 Å². The summed E-state index contributed by atoms with van der Waals surface area (Å²) in [4.78, 5) is 53.1. The minimum absolute atomic E-state index is 0.0126. The number of aromatic hydroxyl groups is 1. The summed E-state index contributed by atoms with van der Waals surface area (Å²) in [6.07, 6.45) is -1.13. The van der Waals surface area contributed by atoms with Crippen LogP contribution in [0.2, 0.25) is 0 Å². The van der Waals surface area contributed by atoms with Crippen LogP contribution < -0.4 is 21.1 Å². The van der Waals surface area contributed by atoms with Gasteiger partial charge < -0.3 is 35.8 Å². The summed E-state index contributed by atoms with van der Waals surface area (Å²) in [6, 6.07) is 9.70.